The number of ketones is 1. The van der Waals surface area contributed by atoms with Gasteiger partial charge in [0.2, 0.25) is 5.90 Å². The molecule has 0 atom stereocenters. The second kappa shape index (κ2) is 6.62. The highest BCUT2D eigenvalue weighted by molar-refractivity contribution is 7.88. The highest BCUT2D eigenvalue weighted by Crippen LogP contribution is 2.34. The molecule has 0 aromatic heterocycles. The van der Waals surface area contributed by atoms with Crippen LogP contribution in [0.1, 0.15) is 35.3 Å². The summed E-state index contributed by atoms with van der Waals surface area (Å²) in [5, 5.41) is 0. The fourth-order valence-corrected chi connectivity index (χ4v) is 2.92. The van der Waals surface area contributed by atoms with Gasteiger partial charge in [0.15, 0.2) is 11.5 Å². The second-order valence-electron chi connectivity index (χ2n) is 6.36. The number of benzene rings is 2. The predicted molar refractivity (Wildman–Crippen MR) is 93.6 cm³/mol. The zero-order chi connectivity index (χ0) is 20.7. The van der Waals surface area contributed by atoms with Gasteiger partial charge in [-0.05, 0) is 32.0 Å². The molecule has 0 saturated heterocycles. The van der Waals surface area contributed by atoms with Gasteiger partial charge in [-0.1, -0.05) is 30.3 Å². The molecule has 0 aliphatic carbocycles. The molecule has 28 heavy (non-hydrogen) atoms. The smallest absolute Gasteiger partial charge is 0.466 e. The number of aliphatic imine (C=N–C) groups is 1. The topological polar surface area (TPSA) is 82.0 Å². The van der Waals surface area contributed by atoms with Crippen LogP contribution in [-0.2, 0) is 14.3 Å². The van der Waals surface area contributed by atoms with Crippen molar-refractivity contribution in [2.24, 2.45) is 4.99 Å². The summed E-state index contributed by atoms with van der Waals surface area (Å²) in [6.07, 6.45) is 0. The van der Waals surface area contributed by atoms with Crippen molar-refractivity contribution >= 4 is 21.8 Å². The first-order valence-corrected chi connectivity index (χ1v) is 9.34. The zero-order valence-corrected chi connectivity index (χ0v) is 15.5. The average Bonchev–Trinajstić information content (AvgIpc) is 2.59. The largest absolute Gasteiger partial charge is 0.534 e. The van der Waals surface area contributed by atoms with E-state index < -0.39 is 33.0 Å². The van der Waals surface area contributed by atoms with Crippen LogP contribution in [0.5, 0.6) is 5.75 Å². The quantitative estimate of drug-likeness (QED) is 0.436. The maximum atomic E-state index is 12.7. The number of carbonyl (C=O) groups excluding carboxylic acids is 1. The summed E-state index contributed by atoms with van der Waals surface area (Å²) in [4.78, 5) is 16.4. The number of rotatable bonds is 3. The Morgan fingerprint density at radius 3 is 2.32 bits per heavy atom. The lowest BCUT2D eigenvalue weighted by Crippen LogP contribution is -2.36. The van der Waals surface area contributed by atoms with E-state index in [0.29, 0.717) is 5.56 Å². The Labute approximate surface area is 158 Å². The summed E-state index contributed by atoms with van der Waals surface area (Å²) in [5.41, 5.74) is -6.71. The lowest BCUT2D eigenvalue weighted by atomic mass is 10.00. The Balaban J connectivity index is 2.06. The number of nitrogens with zero attached hydrogens (tertiary/aromatic N) is 1. The van der Waals surface area contributed by atoms with Crippen LogP contribution in [0.2, 0.25) is 0 Å². The minimum absolute atomic E-state index is 0.0389. The Kier molecular flexibility index (Phi) is 4.70. The zero-order valence-electron chi connectivity index (χ0n) is 14.6. The molecular formula is C18H14F3NO5S. The van der Waals surface area contributed by atoms with E-state index in [1.54, 1.807) is 30.3 Å². The highest BCUT2D eigenvalue weighted by atomic mass is 32.2. The molecule has 148 valence electrons. The van der Waals surface area contributed by atoms with Crippen molar-refractivity contribution in [1.82, 2.24) is 0 Å². The van der Waals surface area contributed by atoms with Crippen LogP contribution >= 0.6 is 0 Å². The second-order valence-corrected chi connectivity index (χ2v) is 7.89. The molecule has 0 saturated carbocycles. The average molecular weight is 413 g/mol. The molecule has 1 heterocycles. The van der Waals surface area contributed by atoms with Gasteiger partial charge < -0.3 is 8.92 Å². The fraction of sp³-hybridized carbons (Fsp3) is 0.222. The number of alkyl halides is 3. The molecule has 1 aliphatic rings. The molecule has 1 aliphatic heterocycles. The first-order valence-electron chi connectivity index (χ1n) is 7.93. The molecule has 0 N–H and O–H groups in total. The van der Waals surface area contributed by atoms with Crippen molar-refractivity contribution in [3.8, 4) is 5.75 Å². The Morgan fingerprint density at radius 2 is 1.71 bits per heavy atom. The van der Waals surface area contributed by atoms with E-state index in [1.165, 1.54) is 32.0 Å². The standard InChI is InChI=1S/C18H14F3NO5S/c1-17(2)22-16(27-28(24,25)18(19,20)21)13-10-12(8-9-14(13)26-17)15(23)11-6-4-3-5-7-11/h3-10H,1-2H3. The number of hydrogen-bond donors (Lipinski definition) is 0. The maximum Gasteiger partial charge on any atom is 0.534 e. The first-order chi connectivity index (χ1) is 12.9. The van der Waals surface area contributed by atoms with Crippen LogP contribution in [0.25, 0.3) is 0 Å². The number of fused-ring (bicyclic) bond motifs is 1. The molecule has 0 fully saturated rings. The van der Waals surface area contributed by atoms with Gasteiger partial charge >= 0.3 is 15.6 Å². The third kappa shape index (κ3) is 3.86. The van der Waals surface area contributed by atoms with E-state index in [4.69, 9.17) is 4.74 Å². The van der Waals surface area contributed by atoms with Crippen LogP contribution < -0.4 is 4.74 Å². The molecule has 2 aromatic rings. The number of hydrogen-bond acceptors (Lipinski definition) is 6. The van der Waals surface area contributed by atoms with Gasteiger partial charge in [0.25, 0.3) is 0 Å². The molecule has 0 unspecified atom stereocenters. The van der Waals surface area contributed by atoms with E-state index in [0.717, 1.165) is 0 Å². The van der Waals surface area contributed by atoms with Crippen molar-refractivity contribution in [2.75, 3.05) is 0 Å². The first kappa shape index (κ1) is 19.9. The van der Waals surface area contributed by atoms with Crippen LogP contribution in [0, 0.1) is 0 Å². The molecule has 0 bridgehead atoms. The van der Waals surface area contributed by atoms with Crippen LogP contribution in [0.3, 0.4) is 0 Å². The third-order valence-corrected chi connectivity index (χ3v) is 4.66. The summed E-state index contributed by atoms with van der Waals surface area (Å²) < 4.78 is 70.9. The Morgan fingerprint density at radius 1 is 1.07 bits per heavy atom. The van der Waals surface area contributed by atoms with E-state index in [2.05, 4.69) is 9.18 Å². The van der Waals surface area contributed by atoms with E-state index in [9.17, 15) is 26.4 Å². The van der Waals surface area contributed by atoms with Crippen LogP contribution in [-0.4, -0.2) is 31.3 Å². The predicted octanol–water partition coefficient (Wildman–Crippen LogP) is 3.66. The number of halogens is 3. The molecular weight excluding hydrogens is 399 g/mol. The third-order valence-electron chi connectivity index (χ3n) is 3.71. The highest BCUT2D eigenvalue weighted by Gasteiger charge is 2.50. The maximum absolute atomic E-state index is 12.7. The van der Waals surface area contributed by atoms with E-state index in [1.807, 2.05) is 0 Å². The lowest BCUT2D eigenvalue weighted by Gasteiger charge is -2.29. The fourth-order valence-electron chi connectivity index (χ4n) is 2.49. The van der Waals surface area contributed by atoms with Crippen LogP contribution in [0.15, 0.2) is 53.5 Å². The summed E-state index contributed by atoms with van der Waals surface area (Å²) in [7, 11) is -5.95. The van der Waals surface area contributed by atoms with Gasteiger partial charge in [0, 0.05) is 11.1 Å². The van der Waals surface area contributed by atoms with Crippen molar-refractivity contribution in [2.45, 2.75) is 25.1 Å². The molecule has 6 nitrogen and oxygen atoms in total. The molecule has 0 spiro atoms. The van der Waals surface area contributed by atoms with Crippen molar-refractivity contribution in [1.29, 1.82) is 0 Å². The van der Waals surface area contributed by atoms with Crippen molar-refractivity contribution in [3.63, 3.8) is 0 Å². The lowest BCUT2D eigenvalue weighted by molar-refractivity contribution is -0.0506. The molecule has 10 heteroatoms. The van der Waals surface area contributed by atoms with Crippen molar-refractivity contribution < 1.29 is 35.3 Å². The number of carbonyl (C=O) groups is 1. The minimum Gasteiger partial charge on any atom is -0.466 e. The van der Waals surface area contributed by atoms with Gasteiger partial charge in [-0.25, -0.2) is 4.99 Å². The molecule has 2 aromatic carbocycles. The normalized spacial score (nSPS) is 15.8. The van der Waals surface area contributed by atoms with Gasteiger partial charge in [-0.2, -0.15) is 21.6 Å². The monoisotopic (exact) mass is 413 g/mol. The summed E-state index contributed by atoms with van der Waals surface area (Å²) >= 11 is 0. The summed E-state index contributed by atoms with van der Waals surface area (Å²) in [5.74, 6) is -1.17. The Hall–Kier alpha value is -2.88. The van der Waals surface area contributed by atoms with Crippen LogP contribution in [0.4, 0.5) is 13.2 Å². The molecule has 3 rings (SSSR count). The van der Waals surface area contributed by atoms with Gasteiger partial charge in [0.1, 0.15) is 5.75 Å². The minimum atomic E-state index is -5.95. The van der Waals surface area contributed by atoms with Gasteiger partial charge in [-0.3, -0.25) is 4.79 Å². The van der Waals surface area contributed by atoms with E-state index >= 15 is 0 Å². The summed E-state index contributed by atoms with van der Waals surface area (Å²) in [6.45, 7) is 2.84. The summed E-state index contributed by atoms with van der Waals surface area (Å²) in [6, 6.07) is 12.1. The van der Waals surface area contributed by atoms with Crippen molar-refractivity contribution in [3.05, 3.63) is 65.2 Å². The van der Waals surface area contributed by atoms with Gasteiger partial charge in [0.05, 0.1) is 5.56 Å². The molecule has 0 radical (unpaired) electrons. The van der Waals surface area contributed by atoms with E-state index in [-0.39, 0.29) is 16.9 Å². The SMILES string of the molecule is CC1(C)N=C(OS(=O)(=O)C(F)(F)F)c2cc(C(=O)c3ccccc3)ccc2O1. The number of ether oxygens (including phenoxy) is 1. The van der Waals surface area contributed by atoms with Gasteiger partial charge in [-0.15, -0.1) is 0 Å². The Bertz CT molecular complexity index is 1060. The molecule has 0 amide bonds.